The molecule has 1 aromatic carbocycles. The fraction of sp³-hybridized carbons (Fsp3) is 0.526. The van der Waals surface area contributed by atoms with Gasteiger partial charge >= 0.3 is 6.03 Å². The van der Waals surface area contributed by atoms with E-state index in [-0.39, 0.29) is 18.3 Å². The maximum atomic E-state index is 13.3. The van der Waals surface area contributed by atoms with E-state index in [9.17, 15) is 14.0 Å². The molecule has 156 valence electrons. The number of aliphatic imine (C=N–C) groups is 1. The number of aliphatic hydroxyl groups is 1. The van der Waals surface area contributed by atoms with Gasteiger partial charge in [0, 0.05) is 46.3 Å². The van der Waals surface area contributed by atoms with Crippen LogP contribution in [0.5, 0.6) is 0 Å². The minimum atomic E-state index is -0.631. The summed E-state index contributed by atoms with van der Waals surface area (Å²) in [7, 11) is 1.63. The number of hydrogen-bond acceptors (Lipinski definition) is 7. The third kappa shape index (κ3) is 3.77. The molecule has 29 heavy (non-hydrogen) atoms. The molecule has 0 bridgehead atoms. The van der Waals surface area contributed by atoms with E-state index in [1.165, 1.54) is 17.0 Å². The topological polar surface area (TPSA) is 91.7 Å². The van der Waals surface area contributed by atoms with Crippen molar-refractivity contribution in [2.45, 2.75) is 18.8 Å². The van der Waals surface area contributed by atoms with Crippen LogP contribution in [-0.4, -0.2) is 101 Å². The third-order valence-electron chi connectivity index (χ3n) is 5.68. The van der Waals surface area contributed by atoms with E-state index >= 15 is 0 Å². The largest absolute Gasteiger partial charge is 0.395 e. The first-order valence-corrected chi connectivity index (χ1v) is 9.72. The first-order chi connectivity index (χ1) is 14.0. The van der Waals surface area contributed by atoms with Gasteiger partial charge in [0.05, 0.1) is 6.61 Å². The zero-order chi connectivity index (χ0) is 20.5. The summed E-state index contributed by atoms with van der Waals surface area (Å²) in [5.41, 5.74) is 0.853. The molecular weight excluding hydrogens is 379 g/mol. The lowest BCUT2D eigenvalue weighted by Gasteiger charge is -2.40. The van der Waals surface area contributed by atoms with Crippen molar-refractivity contribution >= 4 is 17.9 Å². The van der Waals surface area contributed by atoms with Gasteiger partial charge in [-0.25, -0.2) is 14.2 Å². The highest BCUT2D eigenvalue weighted by molar-refractivity contribution is 6.03. The molecule has 2 N–H and O–H groups in total. The van der Waals surface area contributed by atoms with E-state index in [0.717, 1.165) is 18.7 Å². The van der Waals surface area contributed by atoms with Gasteiger partial charge in [0.1, 0.15) is 5.82 Å². The lowest BCUT2D eigenvalue weighted by atomic mass is 10.1. The Morgan fingerprint density at radius 2 is 1.86 bits per heavy atom. The van der Waals surface area contributed by atoms with E-state index < -0.39 is 18.2 Å². The number of carbonyl (C=O) groups is 2. The standard InChI is InChI=1S/C19H25FN6O3/c1-23-16-15(17(28)22-19(23)29)26(12-13-2-4-14(20)5-3-13)18(21-16)25-8-6-24(7-9-25)10-11-27/h2-5,15-16,27H,6-12H2,1H3,(H,22,28,29). The first kappa shape index (κ1) is 19.6. The maximum absolute atomic E-state index is 13.3. The number of rotatable bonds is 4. The second-order valence-electron chi connectivity index (χ2n) is 7.50. The van der Waals surface area contributed by atoms with Crippen LogP contribution in [0.1, 0.15) is 5.56 Å². The highest BCUT2D eigenvalue weighted by atomic mass is 19.1. The minimum Gasteiger partial charge on any atom is -0.395 e. The Hall–Kier alpha value is -2.72. The number of β-amino-alcohol motifs (C(OH)–C–C–N with tert-alkyl or cyclic N) is 1. The number of hydrogen-bond donors (Lipinski definition) is 2. The number of piperazine rings is 1. The highest BCUT2D eigenvalue weighted by Gasteiger charge is 2.49. The summed E-state index contributed by atoms with van der Waals surface area (Å²) < 4.78 is 13.3. The number of amides is 3. The van der Waals surface area contributed by atoms with Gasteiger partial charge in [-0.1, -0.05) is 12.1 Å². The van der Waals surface area contributed by atoms with Crippen LogP contribution in [0.3, 0.4) is 0 Å². The fourth-order valence-corrected chi connectivity index (χ4v) is 4.04. The van der Waals surface area contributed by atoms with E-state index in [4.69, 9.17) is 10.1 Å². The number of carbonyl (C=O) groups excluding carboxylic acids is 2. The molecule has 2 unspecified atom stereocenters. The van der Waals surface area contributed by atoms with Gasteiger partial charge in [0.2, 0.25) is 0 Å². The number of aliphatic hydroxyl groups excluding tert-OH is 1. The molecule has 2 saturated heterocycles. The molecule has 3 amide bonds. The number of imide groups is 1. The van der Waals surface area contributed by atoms with Crippen LogP contribution in [0.25, 0.3) is 0 Å². The number of nitrogens with zero attached hydrogens (tertiary/aromatic N) is 5. The highest BCUT2D eigenvalue weighted by Crippen LogP contribution is 2.27. The van der Waals surface area contributed by atoms with Crippen LogP contribution in [0.15, 0.2) is 29.3 Å². The number of halogens is 1. The Kier molecular flexibility index (Phi) is 5.37. The molecule has 0 aromatic heterocycles. The molecule has 2 fully saturated rings. The molecule has 3 heterocycles. The Balaban J connectivity index is 1.60. The van der Waals surface area contributed by atoms with Gasteiger partial charge in [-0.05, 0) is 17.7 Å². The number of urea groups is 1. The minimum absolute atomic E-state index is 0.120. The molecule has 0 saturated carbocycles. The quantitative estimate of drug-likeness (QED) is 0.702. The molecule has 3 aliphatic rings. The van der Waals surface area contributed by atoms with Crippen molar-refractivity contribution in [3.05, 3.63) is 35.6 Å². The summed E-state index contributed by atoms with van der Waals surface area (Å²) in [6.45, 7) is 4.10. The lowest BCUT2D eigenvalue weighted by molar-refractivity contribution is -0.127. The molecule has 9 nitrogen and oxygen atoms in total. The molecule has 0 aliphatic carbocycles. The van der Waals surface area contributed by atoms with Crippen LogP contribution in [0, 0.1) is 5.82 Å². The zero-order valence-corrected chi connectivity index (χ0v) is 16.3. The summed E-state index contributed by atoms with van der Waals surface area (Å²) in [5, 5.41) is 11.5. The lowest BCUT2D eigenvalue weighted by Crippen LogP contribution is -2.64. The smallest absolute Gasteiger partial charge is 0.325 e. The number of guanidine groups is 1. The van der Waals surface area contributed by atoms with E-state index in [1.54, 1.807) is 19.2 Å². The second-order valence-corrected chi connectivity index (χ2v) is 7.50. The SMILES string of the molecule is CN1C(=O)NC(=O)C2C1N=C(N1CCN(CCO)CC1)N2Cc1ccc(F)cc1. The zero-order valence-electron chi connectivity index (χ0n) is 16.3. The predicted octanol–water partition coefficient (Wildman–Crippen LogP) is -0.516. The molecule has 4 rings (SSSR count). The molecule has 0 spiro atoms. The van der Waals surface area contributed by atoms with Crippen LogP contribution in [0.2, 0.25) is 0 Å². The van der Waals surface area contributed by atoms with Gasteiger partial charge in [-0.15, -0.1) is 0 Å². The van der Waals surface area contributed by atoms with Gasteiger partial charge in [0.25, 0.3) is 5.91 Å². The molecule has 3 aliphatic heterocycles. The maximum Gasteiger partial charge on any atom is 0.325 e. The summed E-state index contributed by atoms with van der Waals surface area (Å²) in [6.07, 6.45) is -0.595. The Labute approximate surface area is 168 Å². The van der Waals surface area contributed by atoms with Crippen LogP contribution in [-0.2, 0) is 11.3 Å². The van der Waals surface area contributed by atoms with Crippen molar-refractivity contribution in [2.75, 3.05) is 46.4 Å². The second kappa shape index (κ2) is 7.96. The number of nitrogens with one attached hydrogen (secondary N) is 1. The summed E-state index contributed by atoms with van der Waals surface area (Å²) >= 11 is 0. The van der Waals surface area contributed by atoms with Crippen molar-refractivity contribution in [1.82, 2.24) is 24.9 Å². The summed E-state index contributed by atoms with van der Waals surface area (Å²) in [4.78, 5) is 37.1. The summed E-state index contributed by atoms with van der Waals surface area (Å²) in [6, 6.07) is 5.07. The number of likely N-dealkylation sites (N-methyl/N-ethyl adjacent to an activating group) is 1. The van der Waals surface area contributed by atoms with Crippen molar-refractivity contribution in [3.63, 3.8) is 0 Å². The fourth-order valence-electron chi connectivity index (χ4n) is 4.04. The van der Waals surface area contributed by atoms with Gasteiger partial charge in [-0.3, -0.25) is 15.0 Å². The van der Waals surface area contributed by atoms with Crippen molar-refractivity contribution < 1.29 is 19.1 Å². The molecule has 2 atom stereocenters. The van der Waals surface area contributed by atoms with Crippen LogP contribution in [0.4, 0.5) is 9.18 Å². The normalized spacial score (nSPS) is 25.2. The third-order valence-corrected chi connectivity index (χ3v) is 5.68. The number of fused-ring (bicyclic) bond motifs is 1. The van der Waals surface area contributed by atoms with E-state index in [0.29, 0.717) is 32.1 Å². The Morgan fingerprint density at radius 3 is 2.52 bits per heavy atom. The summed E-state index contributed by atoms with van der Waals surface area (Å²) in [5.74, 6) is -0.0229. The molecule has 0 radical (unpaired) electrons. The van der Waals surface area contributed by atoms with Crippen molar-refractivity contribution in [1.29, 1.82) is 0 Å². The van der Waals surface area contributed by atoms with Gasteiger partial charge in [0.15, 0.2) is 18.2 Å². The molecular formula is C19H25FN6O3. The Bertz CT molecular complexity index is 809. The molecule has 10 heteroatoms. The van der Waals surface area contributed by atoms with E-state index in [1.807, 2.05) is 4.90 Å². The monoisotopic (exact) mass is 404 g/mol. The van der Waals surface area contributed by atoms with Gasteiger partial charge in [-0.2, -0.15) is 0 Å². The average Bonchev–Trinajstić information content (AvgIpc) is 3.09. The van der Waals surface area contributed by atoms with Crippen molar-refractivity contribution in [3.8, 4) is 0 Å². The van der Waals surface area contributed by atoms with Crippen molar-refractivity contribution in [2.24, 2.45) is 4.99 Å². The number of benzene rings is 1. The predicted molar refractivity (Wildman–Crippen MR) is 103 cm³/mol. The van der Waals surface area contributed by atoms with E-state index in [2.05, 4.69) is 15.1 Å². The first-order valence-electron chi connectivity index (χ1n) is 9.72. The van der Waals surface area contributed by atoms with Gasteiger partial charge < -0.3 is 19.8 Å². The van der Waals surface area contributed by atoms with Crippen LogP contribution < -0.4 is 5.32 Å². The van der Waals surface area contributed by atoms with Crippen LogP contribution >= 0.6 is 0 Å². The molecule has 1 aromatic rings. The Morgan fingerprint density at radius 1 is 1.17 bits per heavy atom. The average molecular weight is 404 g/mol.